The molecule has 0 atom stereocenters. The van der Waals surface area contributed by atoms with Gasteiger partial charge in [-0.2, -0.15) is 0 Å². The van der Waals surface area contributed by atoms with Gasteiger partial charge in [0.25, 0.3) is 0 Å². The smallest absolute Gasteiger partial charge is 0.0486 e. The lowest BCUT2D eigenvalue weighted by Crippen LogP contribution is -2.02. The number of hydrogen-bond donors (Lipinski definition) is 2. The Balaban J connectivity index is 2.14. The van der Waals surface area contributed by atoms with Crippen LogP contribution in [0.1, 0.15) is 45.4 Å². The van der Waals surface area contributed by atoms with Gasteiger partial charge in [0.15, 0.2) is 0 Å². The van der Waals surface area contributed by atoms with Gasteiger partial charge in [-0.15, -0.1) is 0 Å². The Bertz CT molecular complexity index is 326. The van der Waals surface area contributed by atoms with Gasteiger partial charge in [-0.1, -0.05) is 39.0 Å². The minimum absolute atomic E-state index is 0.794. The highest BCUT2D eigenvalue weighted by molar-refractivity contribution is 9.10. The zero-order chi connectivity index (χ0) is 12.5. The van der Waals surface area contributed by atoms with Crippen LogP contribution in [0.2, 0.25) is 0 Å². The number of anilines is 2. The van der Waals surface area contributed by atoms with Crippen molar-refractivity contribution in [2.24, 2.45) is 0 Å². The molecule has 96 valence electrons. The minimum Gasteiger partial charge on any atom is -0.399 e. The molecule has 0 aromatic heterocycles. The molecule has 1 rings (SSSR count). The van der Waals surface area contributed by atoms with Crippen molar-refractivity contribution >= 4 is 27.3 Å². The largest absolute Gasteiger partial charge is 0.399 e. The lowest BCUT2D eigenvalue weighted by Gasteiger charge is -2.09. The molecule has 0 radical (unpaired) electrons. The number of halogens is 1. The maximum Gasteiger partial charge on any atom is 0.0486 e. The van der Waals surface area contributed by atoms with Gasteiger partial charge < -0.3 is 11.1 Å². The molecule has 2 nitrogen and oxygen atoms in total. The number of hydrogen-bond acceptors (Lipinski definition) is 2. The highest BCUT2D eigenvalue weighted by atomic mass is 79.9. The van der Waals surface area contributed by atoms with Crippen LogP contribution in [0.5, 0.6) is 0 Å². The Kier molecular flexibility index (Phi) is 7.10. The third-order valence-corrected chi connectivity index (χ3v) is 3.50. The average molecular weight is 299 g/mol. The summed E-state index contributed by atoms with van der Waals surface area (Å²) in [7, 11) is 0. The van der Waals surface area contributed by atoms with Crippen LogP contribution in [-0.4, -0.2) is 6.54 Å². The van der Waals surface area contributed by atoms with Crippen molar-refractivity contribution in [1.82, 2.24) is 0 Å². The van der Waals surface area contributed by atoms with E-state index in [1.807, 2.05) is 18.2 Å². The number of benzene rings is 1. The maximum absolute atomic E-state index is 5.69. The maximum atomic E-state index is 5.69. The molecule has 17 heavy (non-hydrogen) atoms. The van der Waals surface area contributed by atoms with E-state index in [1.54, 1.807) is 0 Å². The van der Waals surface area contributed by atoms with E-state index in [0.717, 1.165) is 22.4 Å². The Hall–Kier alpha value is -0.700. The molecule has 3 N–H and O–H groups in total. The molecule has 0 bridgehead atoms. The van der Waals surface area contributed by atoms with E-state index < -0.39 is 0 Å². The number of unbranched alkanes of at least 4 members (excludes halogenated alkanes) is 5. The first-order valence-corrected chi connectivity index (χ1v) is 7.32. The predicted molar refractivity (Wildman–Crippen MR) is 80.4 cm³/mol. The first-order valence-electron chi connectivity index (χ1n) is 6.53. The molecule has 0 unspecified atom stereocenters. The molecule has 0 aliphatic rings. The fraction of sp³-hybridized carbons (Fsp3) is 0.571. The average Bonchev–Trinajstić information content (AvgIpc) is 2.30. The van der Waals surface area contributed by atoms with Crippen LogP contribution in [0, 0.1) is 0 Å². The van der Waals surface area contributed by atoms with Gasteiger partial charge in [-0.25, -0.2) is 0 Å². The van der Waals surface area contributed by atoms with E-state index in [9.17, 15) is 0 Å². The predicted octanol–water partition coefficient (Wildman–Crippen LogP) is 4.80. The number of nitrogens with two attached hydrogens (primary N) is 1. The monoisotopic (exact) mass is 298 g/mol. The van der Waals surface area contributed by atoms with Crippen LogP contribution in [0.15, 0.2) is 22.7 Å². The summed E-state index contributed by atoms with van der Waals surface area (Å²) in [5.74, 6) is 0. The second kappa shape index (κ2) is 8.40. The molecule has 0 spiro atoms. The SMILES string of the molecule is CCCCCCCCNc1ccc(N)cc1Br. The summed E-state index contributed by atoms with van der Waals surface area (Å²) in [5.41, 5.74) is 7.62. The van der Waals surface area contributed by atoms with Crippen LogP contribution in [0.3, 0.4) is 0 Å². The second-order valence-electron chi connectivity index (χ2n) is 4.43. The number of nitrogen functional groups attached to an aromatic ring is 1. The second-order valence-corrected chi connectivity index (χ2v) is 5.29. The van der Waals surface area contributed by atoms with Gasteiger partial charge in [0.1, 0.15) is 0 Å². The van der Waals surface area contributed by atoms with Crippen molar-refractivity contribution in [2.75, 3.05) is 17.6 Å². The number of rotatable bonds is 8. The third kappa shape index (κ3) is 5.97. The van der Waals surface area contributed by atoms with Crippen molar-refractivity contribution in [3.05, 3.63) is 22.7 Å². The topological polar surface area (TPSA) is 38.0 Å². The number of nitrogens with one attached hydrogen (secondary N) is 1. The summed E-state index contributed by atoms with van der Waals surface area (Å²) in [6.45, 7) is 3.29. The summed E-state index contributed by atoms with van der Waals surface area (Å²) in [4.78, 5) is 0. The fourth-order valence-corrected chi connectivity index (χ4v) is 2.34. The molecule has 3 heteroatoms. The molecule has 0 aliphatic heterocycles. The van der Waals surface area contributed by atoms with Crippen molar-refractivity contribution in [3.63, 3.8) is 0 Å². The van der Waals surface area contributed by atoms with Gasteiger partial charge in [0.2, 0.25) is 0 Å². The molecule has 0 heterocycles. The van der Waals surface area contributed by atoms with Crippen molar-refractivity contribution < 1.29 is 0 Å². The Labute approximate surface area is 113 Å². The van der Waals surface area contributed by atoms with Gasteiger partial charge in [0.05, 0.1) is 0 Å². The normalized spacial score (nSPS) is 10.5. The van der Waals surface area contributed by atoms with E-state index in [0.29, 0.717) is 0 Å². The molecule has 0 aliphatic carbocycles. The van der Waals surface area contributed by atoms with Crippen LogP contribution < -0.4 is 11.1 Å². The molecule has 0 fully saturated rings. The van der Waals surface area contributed by atoms with Gasteiger partial charge in [0, 0.05) is 22.4 Å². The van der Waals surface area contributed by atoms with E-state index in [2.05, 4.69) is 28.2 Å². The molecule has 0 saturated heterocycles. The minimum atomic E-state index is 0.794. The third-order valence-electron chi connectivity index (χ3n) is 2.84. The fourth-order valence-electron chi connectivity index (χ4n) is 1.80. The van der Waals surface area contributed by atoms with Crippen LogP contribution in [0.4, 0.5) is 11.4 Å². The Morgan fingerprint density at radius 2 is 1.82 bits per heavy atom. The zero-order valence-corrected chi connectivity index (χ0v) is 12.2. The van der Waals surface area contributed by atoms with E-state index >= 15 is 0 Å². The van der Waals surface area contributed by atoms with E-state index in [-0.39, 0.29) is 0 Å². The lowest BCUT2D eigenvalue weighted by molar-refractivity contribution is 0.617. The highest BCUT2D eigenvalue weighted by Crippen LogP contribution is 2.24. The molecular weight excluding hydrogens is 276 g/mol. The standard InChI is InChI=1S/C14H23BrN2/c1-2-3-4-5-6-7-10-17-14-9-8-12(16)11-13(14)15/h8-9,11,17H,2-7,10,16H2,1H3. The summed E-state index contributed by atoms with van der Waals surface area (Å²) in [6, 6.07) is 5.88. The summed E-state index contributed by atoms with van der Waals surface area (Å²) < 4.78 is 1.04. The van der Waals surface area contributed by atoms with E-state index in [1.165, 1.54) is 38.5 Å². The molecule has 1 aromatic carbocycles. The van der Waals surface area contributed by atoms with Gasteiger partial charge >= 0.3 is 0 Å². The zero-order valence-electron chi connectivity index (χ0n) is 10.6. The Morgan fingerprint density at radius 1 is 1.12 bits per heavy atom. The van der Waals surface area contributed by atoms with Crippen LogP contribution in [-0.2, 0) is 0 Å². The summed E-state index contributed by atoms with van der Waals surface area (Å²) in [5, 5.41) is 3.43. The molecule has 1 aromatic rings. The lowest BCUT2D eigenvalue weighted by atomic mass is 10.1. The van der Waals surface area contributed by atoms with Crippen molar-refractivity contribution in [2.45, 2.75) is 45.4 Å². The van der Waals surface area contributed by atoms with Crippen molar-refractivity contribution in [1.29, 1.82) is 0 Å². The molecular formula is C14H23BrN2. The van der Waals surface area contributed by atoms with Crippen LogP contribution in [0.25, 0.3) is 0 Å². The van der Waals surface area contributed by atoms with Crippen molar-refractivity contribution in [3.8, 4) is 0 Å². The molecule has 0 amide bonds. The van der Waals surface area contributed by atoms with Gasteiger partial charge in [-0.05, 0) is 40.5 Å². The highest BCUT2D eigenvalue weighted by Gasteiger charge is 1.98. The molecule has 0 saturated carbocycles. The van der Waals surface area contributed by atoms with Crippen LogP contribution >= 0.6 is 15.9 Å². The summed E-state index contributed by atoms with van der Waals surface area (Å²) >= 11 is 3.51. The quantitative estimate of drug-likeness (QED) is 0.534. The van der Waals surface area contributed by atoms with E-state index in [4.69, 9.17) is 5.73 Å². The summed E-state index contributed by atoms with van der Waals surface area (Å²) in [6.07, 6.45) is 7.98. The first kappa shape index (κ1) is 14.4. The first-order chi connectivity index (χ1) is 8.24. The van der Waals surface area contributed by atoms with Gasteiger partial charge in [-0.3, -0.25) is 0 Å². The Morgan fingerprint density at radius 3 is 2.53 bits per heavy atom.